The number of thiol groups is 1. The van der Waals surface area contributed by atoms with Crippen molar-refractivity contribution in [2.45, 2.75) is 0 Å². The van der Waals surface area contributed by atoms with E-state index in [0.29, 0.717) is 0 Å². The molecule has 48 valence electrons. The molecule has 3 N–H and O–H groups in total. The first kappa shape index (κ1) is 7.74. The van der Waals surface area contributed by atoms with Crippen molar-refractivity contribution in [2.75, 3.05) is 13.2 Å². The van der Waals surface area contributed by atoms with Crippen molar-refractivity contribution in [1.29, 1.82) is 0 Å². The second-order valence-corrected chi connectivity index (χ2v) is 1.58. The molecule has 0 heterocycles. The monoisotopic (exact) mass is 136 g/mol. The molecule has 8 heavy (non-hydrogen) atoms. The highest BCUT2D eigenvalue weighted by Gasteiger charge is 1.99. The molecule has 0 aromatic heterocycles. The van der Waals surface area contributed by atoms with E-state index in [1.807, 2.05) is 0 Å². The first-order valence-corrected chi connectivity index (χ1v) is 2.49. The quantitative estimate of drug-likeness (QED) is 0.201. The van der Waals surface area contributed by atoms with Gasteiger partial charge < -0.3 is 5.11 Å². The predicted octanol–water partition coefficient (Wildman–Crippen LogP) is -0.796. The minimum atomic E-state index is -0.543. The summed E-state index contributed by atoms with van der Waals surface area (Å²) in [5, 5.41) is 8.46. The Morgan fingerprint density at radius 1 is 1.88 bits per heavy atom. The number of aliphatic hydroxyl groups is 1. The van der Waals surface area contributed by atoms with Crippen LogP contribution in [0.25, 0.3) is 0 Å². The van der Waals surface area contributed by atoms with Gasteiger partial charge in [-0.25, -0.2) is 5.84 Å². The number of carbonyl (C=O) groups is 1. The molecule has 0 spiro atoms. The Morgan fingerprint density at radius 3 is 2.50 bits per heavy atom. The van der Waals surface area contributed by atoms with Crippen LogP contribution < -0.4 is 5.84 Å². The molecule has 0 aliphatic heterocycles. The summed E-state index contributed by atoms with van der Waals surface area (Å²) in [6.45, 7) is -0.00880. The van der Waals surface area contributed by atoms with Crippen LogP contribution in [0.3, 0.4) is 0 Å². The highest BCUT2D eigenvalue weighted by atomic mass is 32.1. The maximum Gasteiger partial charge on any atom is 0.292 e. The van der Waals surface area contributed by atoms with Gasteiger partial charge in [0, 0.05) is 0 Å². The van der Waals surface area contributed by atoms with Gasteiger partial charge in [0.15, 0.2) is 0 Å². The van der Waals surface area contributed by atoms with E-state index in [2.05, 4.69) is 12.6 Å². The summed E-state index contributed by atoms with van der Waals surface area (Å²) in [6, 6.07) is 0. The molecule has 0 radical (unpaired) electrons. The van der Waals surface area contributed by atoms with E-state index < -0.39 is 5.24 Å². The molecule has 5 heteroatoms. The highest BCUT2D eigenvalue weighted by Crippen LogP contribution is 1.84. The van der Waals surface area contributed by atoms with Crippen LogP contribution in [0.1, 0.15) is 0 Å². The second kappa shape index (κ2) is 3.71. The van der Waals surface area contributed by atoms with E-state index in [4.69, 9.17) is 10.9 Å². The van der Waals surface area contributed by atoms with Gasteiger partial charge in [0.2, 0.25) is 0 Å². The van der Waals surface area contributed by atoms with Gasteiger partial charge in [0.25, 0.3) is 5.24 Å². The van der Waals surface area contributed by atoms with Gasteiger partial charge in [0.1, 0.15) is 0 Å². The molecule has 0 aliphatic carbocycles. The number of rotatable bonds is 2. The molecular formula is C3H8N2O2S. The number of nitrogens with zero attached hydrogens (tertiary/aromatic N) is 1. The Balaban J connectivity index is 3.32. The summed E-state index contributed by atoms with van der Waals surface area (Å²) in [4.78, 5) is 10.1. The molecule has 1 amide bonds. The molecule has 0 aromatic carbocycles. The Bertz CT molecular complexity index is 87.4. The lowest BCUT2D eigenvalue weighted by Crippen LogP contribution is -2.35. The van der Waals surface area contributed by atoms with E-state index in [1.165, 1.54) is 0 Å². The average molecular weight is 136 g/mol. The van der Waals surface area contributed by atoms with Crippen LogP contribution in [-0.4, -0.2) is 28.5 Å². The van der Waals surface area contributed by atoms with Gasteiger partial charge in [-0.05, 0) is 0 Å². The summed E-state index contributed by atoms with van der Waals surface area (Å²) < 4.78 is 0. The largest absolute Gasteiger partial charge is 0.394 e. The summed E-state index contributed by atoms with van der Waals surface area (Å²) in [7, 11) is 0. The fraction of sp³-hybridized carbons (Fsp3) is 0.667. The molecule has 0 fully saturated rings. The summed E-state index contributed by atoms with van der Waals surface area (Å²) in [5.74, 6) is 4.97. The summed E-state index contributed by atoms with van der Waals surface area (Å²) >= 11 is 3.38. The molecule has 0 aromatic rings. The minimum Gasteiger partial charge on any atom is -0.394 e. The van der Waals surface area contributed by atoms with Crippen molar-refractivity contribution in [3.05, 3.63) is 0 Å². The minimum absolute atomic E-state index is 0.127. The Morgan fingerprint density at radius 2 is 2.38 bits per heavy atom. The maximum absolute atomic E-state index is 10.1. The van der Waals surface area contributed by atoms with Gasteiger partial charge in [-0.2, -0.15) is 0 Å². The summed E-state index contributed by atoms with van der Waals surface area (Å²) in [6.07, 6.45) is 0. The lowest BCUT2D eigenvalue weighted by molar-refractivity contribution is 0.199. The Kier molecular flexibility index (Phi) is 3.59. The van der Waals surface area contributed by atoms with Crippen molar-refractivity contribution < 1.29 is 9.90 Å². The van der Waals surface area contributed by atoms with Crippen LogP contribution in [0.2, 0.25) is 0 Å². The van der Waals surface area contributed by atoms with Crippen molar-refractivity contribution in [2.24, 2.45) is 5.84 Å². The zero-order valence-electron chi connectivity index (χ0n) is 4.24. The third-order valence-corrected chi connectivity index (χ3v) is 0.843. The molecule has 0 bridgehead atoms. The lowest BCUT2D eigenvalue weighted by atomic mass is 10.7. The van der Waals surface area contributed by atoms with Gasteiger partial charge in [-0.1, -0.05) is 12.6 Å². The SMILES string of the molecule is NN(CCO)C(=O)S. The van der Waals surface area contributed by atoms with Gasteiger partial charge >= 0.3 is 0 Å². The smallest absolute Gasteiger partial charge is 0.292 e. The van der Waals surface area contributed by atoms with Crippen molar-refractivity contribution >= 4 is 17.9 Å². The van der Waals surface area contributed by atoms with Crippen LogP contribution in [0.5, 0.6) is 0 Å². The number of nitrogens with two attached hydrogens (primary N) is 1. The van der Waals surface area contributed by atoms with Crippen LogP contribution in [-0.2, 0) is 0 Å². The first-order valence-electron chi connectivity index (χ1n) is 2.04. The van der Waals surface area contributed by atoms with Crippen molar-refractivity contribution in [3.63, 3.8) is 0 Å². The zero-order valence-corrected chi connectivity index (χ0v) is 5.14. The van der Waals surface area contributed by atoms with Gasteiger partial charge in [0.05, 0.1) is 13.2 Å². The number of hydrogen-bond acceptors (Lipinski definition) is 3. The van der Waals surface area contributed by atoms with Crippen LogP contribution in [0, 0.1) is 0 Å². The molecule has 4 nitrogen and oxygen atoms in total. The standard InChI is InChI=1S/C3H8N2O2S/c4-5(1-2-6)3(7)8/h6H,1-2,4H2,(H,7,8). The Hall–Kier alpha value is -0.260. The number of hydrogen-bond donors (Lipinski definition) is 3. The predicted molar refractivity (Wildman–Crippen MR) is 32.4 cm³/mol. The zero-order chi connectivity index (χ0) is 6.57. The van der Waals surface area contributed by atoms with E-state index in [1.54, 1.807) is 0 Å². The number of aliphatic hydroxyl groups excluding tert-OH is 1. The Labute approximate surface area is 52.6 Å². The molecule has 0 saturated carbocycles. The number of amides is 1. The van der Waals surface area contributed by atoms with E-state index >= 15 is 0 Å². The summed E-state index contributed by atoms with van der Waals surface area (Å²) in [5.41, 5.74) is 0. The lowest BCUT2D eigenvalue weighted by Gasteiger charge is -2.09. The van der Waals surface area contributed by atoms with Crippen LogP contribution in [0.4, 0.5) is 4.79 Å². The number of carbonyl (C=O) groups excluding carboxylic acids is 1. The molecule has 0 atom stereocenters. The second-order valence-electron chi connectivity index (χ2n) is 1.20. The van der Waals surface area contributed by atoms with Crippen LogP contribution >= 0.6 is 12.6 Å². The third-order valence-electron chi connectivity index (χ3n) is 0.587. The third kappa shape index (κ3) is 2.84. The van der Waals surface area contributed by atoms with Crippen LogP contribution in [0.15, 0.2) is 0 Å². The molecule has 0 aliphatic rings. The van der Waals surface area contributed by atoms with Crippen molar-refractivity contribution in [1.82, 2.24) is 5.01 Å². The van der Waals surface area contributed by atoms with E-state index in [9.17, 15) is 4.79 Å². The van der Waals surface area contributed by atoms with Gasteiger partial charge in [-0.15, -0.1) is 0 Å². The maximum atomic E-state index is 10.1. The van der Waals surface area contributed by atoms with Gasteiger partial charge in [-0.3, -0.25) is 9.80 Å². The van der Waals surface area contributed by atoms with Crippen molar-refractivity contribution in [3.8, 4) is 0 Å². The average Bonchev–Trinajstić information content (AvgIpc) is 1.67. The first-order chi connectivity index (χ1) is 3.68. The van der Waals surface area contributed by atoms with E-state index in [-0.39, 0.29) is 13.2 Å². The molecule has 0 unspecified atom stereocenters. The topological polar surface area (TPSA) is 66.6 Å². The fourth-order valence-electron chi connectivity index (χ4n) is 0.203. The van der Waals surface area contributed by atoms with E-state index in [0.717, 1.165) is 5.01 Å². The highest BCUT2D eigenvalue weighted by molar-refractivity contribution is 7.96. The number of hydrazine groups is 1. The molecule has 0 saturated heterocycles. The normalized spacial score (nSPS) is 8.88. The fourth-order valence-corrected chi connectivity index (χ4v) is 0.303. The molecule has 0 rings (SSSR count). The molecular weight excluding hydrogens is 128 g/mol.